The van der Waals surface area contributed by atoms with E-state index < -0.39 is 0 Å². The standard InChI is InChI=1S/C19H29NO/c1-15-5-4-6-16(13-15)9-11-20-14-19-18-8-3-2-7-17(18)10-12-21-19/h2-3,7-8,15-16,19-20H,4-6,9-14H2,1H3. The highest BCUT2D eigenvalue weighted by atomic mass is 16.5. The number of ether oxygens (including phenoxy) is 1. The molecule has 3 rings (SSSR count). The van der Waals surface area contributed by atoms with Crippen LogP contribution in [0, 0.1) is 11.8 Å². The van der Waals surface area contributed by atoms with Gasteiger partial charge in [-0.2, -0.15) is 0 Å². The molecule has 1 heterocycles. The molecule has 1 aromatic rings. The first kappa shape index (κ1) is 15.1. The molecule has 2 nitrogen and oxygen atoms in total. The average molecular weight is 287 g/mol. The van der Waals surface area contributed by atoms with Gasteiger partial charge in [0.05, 0.1) is 12.7 Å². The van der Waals surface area contributed by atoms with Gasteiger partial charge in [0.15, 0.2) is 0 Å². The molecule has 0 radical (unpaired) electrons. The summed E-state index contributed by atoms with van der Waals surface area (Å²) in [6.07, 6.45) is 8.40. The van der Waals surface area contributed by atoms with Crippen molar-refractivity contribution in [2.45, 2.75) is 51.6 Å². The molecule has 0 bridgehead atoms. The Balaban J connectivity index is 1.42. The van der Waals surface area contributed by atoms with Crippen LogP contribution in [0.25, 0.3) is 0 Å². The van der Waals surface area contributed by atoms with Crippen molar-refractivity contribution in [3.63, 3.8) is 0 Å². The largest absolute Gasteiger partial charge is 0.372 e. The molecule has 1 aliphatic heterocycles. The minimum Gasteiger partial charge on any atom is -0.372 e. The third-order valence-electron chi connectivity index (χ3n) is 5.20. The second-order valence-corrected chi connectivity index (χ2v) is 6.94. The van der Waals surface area contributed by atoms with Crippen LogP contribution in [0.5, 0.6) is 0 Å². The fourth-order valence-electron chi connectivity index (χ4n) is 4.01. The van der Waals surface area contributed by atoms with E-state index in [9.17, 15) is 0 Å². The highest BCUT2D eigenvalue weighted by molar-refractivity contribution is 5.31. The van der Waals surface area contributed by atoms with Gasteiger partial charge in [0, 0.05) is 6.54 Å². The number of fused-ring (bicyclic) bond motifs is 1. The number of nitrogens with one attached hydrogen (secondary N) is 1. The van der Waals surface area contributed by atoms with Crippen LogP contribution in [0.2, 0.25) is 0 Å². The van der Waals surface area contributed by atoms with Crippen molar-refractivity contribution < 1.29 is 4.74 Å². The van der Waals surface area contributed by atoms with Crippen LogP contribution in [0.15, 0.2) is 24.3 Å². The van der Waals surface area contributed by atoms with Crippen LogP contribution in [-0.2, 0) is 11.2 Å². The fraction of sp³-hybridized carbons (Fsp3) is 0.684. The molecule has 1 aliphatic carbocycles. The van der Waals surface area contributed by atoms with Crippen molar-refractivity contribution in [2.75, 3.05) is 19.7 Å². The van der Waals surface area contributed by atoms with Gasteiger partial charge in [0.2, 0.25) is 0 Å². The maximum atomic E-state index is 5.95. The predicted molar refractivity (Wildman–Crippen MR) is 87.4 cm³/mol. The van der Waals surface area contributed by atoms with E-state index in [0.717, 1.165) is 38.0 Å². The zero-order valence-electron chi connectivity index (χ0n) is 13.3. The summed E-state index contributed by atoms with van der Waals surface area (Å²) in [6.45, 7) is 5.37. The van der Waals surface area contributed by atoms with Crippen molar-refractivity contribution in [2.24, 2.45) is 11.8 Å². The zero-order chi connectivity index (χ0) is 14.5. The zero-order valence-corrected chi connectivity index (χ0v) is 13.3. The van der Waals surface area contributed by atoms with E-state index in [4.69, 9.17) is 4.74 Å². The molecule has 2 heteroatoms. The highest BCUT2D eigenvalue weighted by Gasteiger charge is 2.21. The minimum absolute atomic E-state index is 0.250. The molecule has 3 unspecified atom stereocenters. The van der Waals surface area contributed by atoms with E-state index >= 15 is 0 Å². The van der Waals surface area contributed by atoms with Crippen LogP contribution in [-0.4, -0.2) is 19.7 Å². The van der Waals surface area contributed by atoms with Gasteiger partial charge in [0.1, 0.15) is 0 Å². The first-order valence-electron chi connectivity index (χ1n) is 8.73. The summed E-state index contributed by atoms with van der Waals surface area (Å²) >= 11 is 0. The number of benzene rings is 1. The Labute approximate surface area is 129 Å². The number of rotatable bonds is 5. The summed E-state index contributed by atoms with van der Waals surface area (Å²) < 4.78 is 5.95. The summed E-state index contributed by atoms with van der Waals surface area (Å²) in [6, 6.07) is 8.74. The van der Waals surface area contributed by atoms with Crippen LogP contribution >= 0.6 is 0 Å². The number of hydrogen-bond donors (Lipinski definition) is 1. The second-order valence-electron chi connectivity index (χ2n) is 6.94. The normalized spacial score (nSPS) is 29.1. The smallest absolute Gasteiger partial charge is 0.0952 e. The van der Waals surface area contributed by atoms with Gasteiger partial charge in [-0.3, -0.25) is 0 Å². The average Bonchev–Trinajstić information content (AvgIpc) is 2.52. The lowest BCUT2D eigenvalue weighted by atomic mass is 9.81. The third-order valence-corrected chi connectivity index (χ3v) is 5.20. The van der Waals surface area contributed by atoms with Crippen LogP contribution < -0.4 is 5.32 Å². The van der Waals surface area contributed by atoms with E-state index in [1.54, 1.807) is 0 Å². The van der Waals surface area contributed by atoms with Gasteiger partial charge in [-0.15, -0.1) is 0 Å². The molecule has 0 spiro atoms. The van der Waals surface area contributed by atoms with Crippen molar-refractivity contribution in [1.29, 1.82) is 0 Å². The molecule has 1 aromatic carbocycles. The summed E-state index contributed by atoms with van der Waals surface area (Å²) in [5, 5.41) is 3.63. The molecule has 1 N–H and O–H groups in total. The maximum absolute atomic E-state index is 5.95. The molecule has 0 amide bonds. The van der Waals surface area contributed by atoms with Gasteiger partial charge in [-0.25, -0.2) is 0 Å². The topological polar surface area (TPSA) is 21.3 Å². The molecule has 2 aliphatic rings. The Morgan fingerprint density at radius 2 is 2.14 bits per heavy atom. The predicted octanol–water partition coefficient (Wildman–Crippen LogP) is 4.11. The third kappa shape index (κ3) is 4.08. The maximum Gasteiger partial charge on any atom is 0.0952 e. The molecular weight excluding hydrogens is 258 g/mol. The Kier molecular flexibility index (Phi) is 5.32. The highest BCUT2D eigenvalue weighted by Crippen LogP contribution is 2.30. The summed E-state index contributed by atoms with van der Waals surface area (Å²) in [5.74, 6) is 1.89. The van der Waals surface area contributed by atoms with E-state index in [1.165, 1.54) is 43.2 Å². The van der Waals surface area contributed by atoms with Gasteiger partial charge in [-0.05, 0) is 48.8 Å². The minimum atomic E-state index is 0.250. The SMILES string of the molecule is CC1CCCC(CCNCC2OCCc3ccccc32)C1. The lowest BCUT2D eigenvalue weighted by Gasteiger charge is -2.28. The first-order valence-corrected chi connectivity index (χ1v) is 8.73. The Hall–Kier alpha value is -0.860. The summed E-state index contributed by atoms with van der Waals surface area (Å²) in [5.41, 5.74) is 2.86. The lowest BCUT2D eigenvalue weighted by molar-refractivity contribution is 0.0423. The number of hydrogen-bond acceptors (Lipinski definition) is 2. The summed E-state index contributed by atoms with van der Waals surface area (Å²) in [7, 11) is 0. The van der Waals surface area contributed by atoms with Crippen molar-refractivity contribution >= 4 is 0 Å². The van der Waals surface area contributed by atoms with Crippen LogP contribution in [0.1, 0.15) is 56.3 Å². The van der Waals surface area contributed by atoms with Crippen LogP contribution in [0.4, 0.5) is 0 Å². The van der Waals surface area contributed by atoms with E-state index in [2.05, 4.69) is 36.5 Å². The Bertz CT molecular complexity index is 445. The molecule has 21 heavy (non-hydrogen) atoms. The van der Waals surface area contributed by atoms with E-state index in [1.807, 2.05) is 0 Å². The van der Waals surface area contributed by atoms with Gasteiger partial charge < -0.3 is 10.1 Å². The van der Waals surface area contributed by atoms with Crippen molar-refractivity contribution in [3.8, 4) is 0 Å². The quantitative estimate of drug-likeness (QED) is 0.823. The van der Waals surface area contributed by atoms with Gasteiger partial charge in [0.25, 0.3) is 0 Å². The Morgan fingerprint density at radius 3 is 3.05 bits per heavy atom. The molecular formula is C19H29NO. The van der Waals surface area contributed by atoms with Gasteiger partial charge >= 0.3 is 0 Å². The van der Waals surface area contributed by atoms with E-state index in [0.29, 0.717) is 0 Å². The molecule has 116 valence electrons. The van der Waals surface area contributed by atoms with Crippen molar-refractivity contribution in [1.82, 2.24) is 5.32 Å². The summed E-state index contributed by atoms with van der Waals surface area (Å²) in [4.78, 5) is 0. The molecule has 0 aromatic heterocycles. The molecule has 1 saturated carbocycles. The molecule has 3 atom stereocenters. The van der Waals surface area contributed by atoms with Crippen molar-refractivity contribution in [3.05, 3.63) is 35.4 Å². The first-order chi connectivity index (χ1) is 10.3. The Morgan fingerprint density at radius 1 is 1.24 bits per heavy atom. The van der Waals surface area contributed by atoms with Gasteiger partial charge in [-0.1, -0.05) is 50.5 Å². The molecule has 1 fully saturated rings. The molecule has 0 saturated heterocycles. The van der Waals surface area contributed by atoms with Crippen LogP contribution in [0.3, 0.4) is 0 Å². The second kappa shape index (κ2) is 7.42. The monoisotopic (exact) mass is 287 g/mol. The lowest BCUT2D eigenvalue weighted by Crippen LogP contribution is -2.29. The van der Waals surface area contributed by atoms with E-state index in [-0.39, 0.29) is 6.10 Å². The fourth-order valence-corrected chi connectivity index (χ4v) is 4.01.